The van der Waals surface area contributed by atoms with Gasteiger partial charge in [0.05, 0.1) is 19.3 Å². The Hall–Kier alpha value is -1.81. The highest BCUT2D eigenvalue weighted by molar-refractivity contribution is 5.82. The molecule has 0 aliphatic carbocycles. The highest BCUT2D eigenvalue weighted by Gasteiger charge is 2.36. The van der Waals surface area contributed by atoms with Gasteiger partial charge in [-0.3, -0.25) is 4.79 Å². The fourth-order valence-corrected chi connectivity index (χ4v) is 3.23. The topological polar surface area (TPSA) is 38.8 Å². The Morgan fingerprint density at radius 1 is 1.08 bits per heavy atom. The summed E-state index contributed by atoms with van der Waals surface area (Å²) in [6, 6.07) is 0. The van der Waals surface area contributed by atoms with E-state index >= 15 is 0 Å². The van der Waals surface area contributed by atoms with Crippen molar-refractivity contribution in [3.63, 3.8) is 0 Å². The van der Waals surface area contributed by atoms with Gasteiger partial charge in [-0.25, -0.2) is 0 Å². The zero-order valence-corrected chi connectivity index (χ0v) is 15.6. The zero-order valence-electron chi connectivity index (χ0n) is 15.6. The van der Waals surface area contributed by atoms with Crippen molar-refractivity contribution in [3.8, 4) is 0 Å². The summed E-state index contributed by atoms with van der Waals surface area (Å²) in [7, 11) is 0. The molecule has 0 radical (unpaired) electrons. The third kappa shape index (κ3) is 3.64. The molecule has 1 amide bonds. The van der Waals surface area contributed by atoms with Gasteiger partial charge in [0.25, 0.3) is 0 Å². The van der Waals surface area contributed by atoms with Gasteiger partial charge in [-0.2, -0.15) is 0 Å². The van der Waals surface area contributed by atoms with Gasteiger partial charge in [0.1, 0.15) is 0 Å². The first-order valence-electron chi connectivity index (χ1n) is 8.57. The molecule has 0 saturated carbocycles. The summed E-state index contributed by atoms with van der Waals surface area (Å²) in [4.78, 5) is 13.3. The van der Waals surface area contributed by atoms with Crippen LogP contribution in [0.5, 0.6) is 0 Å². The van der Waals surface area contributed by atoms with Crippen LogP contribution in [0, 0.1) is 34.6 Å². The van der Waals surface area contributed by atoms with Crippen LogP contribution in [-0.2, 0) is 20.9 Å². The maximum Gasteiger partial charge on any atom is 0.231 e. The maximum absolute atomic E-state index is 11.6. The van der Waals surface area contributed by atoms with Crippen molar-refractivity contribution in [1.29, 1.82) is 0 Å². The number of benzene rings is 1. The Morgan fingerprint density at radius 3 is 2.21 bits per heavy atom. The van der Waals surface area contributed by atoms with Crippen molar-refractivity contribution < 1.29 is 14.3 Å². The number of carbonyl (C=O) groups excluding carboxylic acids is 1. The van der Waals surface area contributed by atoms with Gasteiger partial charge in [-0.05, 0) is 74.4 Å². The minimum atomic E-state index is -0.137. The quantitative estimate of drug-likeness (QED) is 0.412. The average Bonchev–Trinajstić information content (AvgIpc) is 2.56. The molecule has 1 saturated heterocycles. The van der Waals surface area contributed by atoms with Crippen LogP contribution in [-0.4, -0.2) is 30.2 Å². The summed E-state index contributed by atoms with van der Waals surface area (Å²) in [6.07, 6.45) is 2.52. The lowest BCUT2D eigenvalue weighted by Crippen LogP contribution is -2.53. The molecule has 1 atom stereocenters. The first kappa shape index (κ1) is 18.5. The normalized spacial score (nSPS) is 17.0. The number of likely N-dealkylation sites (tertiary alicyclic amines) is 1. The summed E-state index contributed by atoms with van der Waals surface area (Å²) < 4.78 is 11.2. The standard InChI is InChI=1S/C20H29NO3/c1-7-24-20-11-19(22)21(20)9-8-10-23-12-18-16(5)14(3)13(2)15(4)17(18)6/h7,20H,1,8-12H2,2-6H3. The molecule has 0 N–H and O–H groups in total. The maximum atomic E-state index is 11.6. The first-order valence-corrected chi connectivity index (χ1v) is 8.57. The van der Waals surface area contributed by atoms with Crippen LogP contribution in [0.4, 0.5) is 0 Å². The van der Waals surface area contributed by atoms with E-state index in [1.54, 1.807) is 4.90 Å². The predicted molar refractivity (Wildman–Crippen MR) is 95.8 cm³/mol. The van der Waals surface area contributed by atoms with Crippen molar-refractivity contribution in [2.75, 3.05) is 13.2 Å². The summed E-state index contributed by atoms with van der Waals surface area (Å²) in [5.74, 6) is 0.137. The van der Waals surface area contributed by atoms with Gasteiger partial charge in [0.15, 0.2) is 6.23 Å². The van der Waals surface area contributed by atoms with Gasteiger partial charge in [0.2, 0.25) is 5.91 Å². The average molecular weight is 331 g/mol. The molecular weight excluding hydrogens is 302 g/mol. The van der Waals surface area contributed by atoms with Crippen LogP contribution in [0.1, 0.15) is 46.2 Å². The van der Waals surface area contributed by atoms with Crippen LogP contribution in [0.25, 0.3) is 0 Å². The van der Waals surface area contributed by atoms with Crippen molar-refractivity contribution in [2.24, 2.45) is 0 Å². The molecule has 0 bridgehead atoms. The van der Waals surface area contributed by atoms with Gasteiger partial charge < -0.3 is 14.4 Å². The summed E-state index contributed by atoms with van der Waals surface area (Å²) in [5.41, 5.74) is 8.03. The van der Waals surface area contributed by atoms with Gasteiger partial charge in [0, 0.05) is 13.2 Å². The monoisotopic (exact) mass is 331 g/mol. The molecule has 1 unspecified atom stereocenters. The van der Waals surface area contributed by atoms with E-state index in [9.17, 15) is 4.79 Å². The van der Waals surface area contributed by atoms with Crippen LogP contribution >= 0.6 is 0 Å². The van der Waals surface area contributed by atoms with Gasteiger partial charge in [-0.15, -0.1) is 0 Å². The number of nitrogens with zero attached hydrogens (tertiary/aromatic N) is 1. The summed E-state index contributed by atoms with van der Waals surface area (Å²) >= 11 is 0. The fourth-order valence-electron chi connectivity index (χ4n) is 3.23. The third-order valence-electron chi connectivity index (χ3n) is 5.36. The van der Waals surface area contributed by atoms with E-state index in [-0.39, 0.29) is 12.1 Å². The molecule has 1 aromatic carbocycles. The van der Waals surface area contributed by atoms with E-state index in [4.69, 9.17) is 9.47 Å². The molecule has 1 aromatic rings. The van der Waals surface area contributed by atoms with E-state index in [0.29, 0.717) is 26.2 Å². The van der Waals surface area contributed by atoms with Crippen LogP contribution in [0.3, 0.4) is 0 Å². The number of hydrogen-bond donors (Lipinski definition) is 0. The minimum absolute atomic E-state index is 0.137. The summed E-state index contributed by atoms with van der Waals surface area (Å²) in [5, 5.41) is 0. The molecule has 132 valence electrons. The lowest BCUT2D eigenvalue weighted by atomic mass is 9.90. The number of rotatable bonds is 8. The fraction of sp³-hybridized carbons (Fsp3) is 0.550. The predicted octanol–water partition coefficient (Wildman–Crippen LogP) is 3.85. The minimum Gasteiger partial charge on any atom is -0.478 e. The highest BCUT2D eigenvalue weighted by atomic mass is 16.5. The molecule has 0 aromatic heterocycles. The molecule has 1 aliphatic heterocycles. The van der Waals surface area contributed by atoms with E-state index in [1.165, 1.54) is 39.6 Å². The smallest absolute Gasteiger partial charge is 0.231 e. The lowest BCUT2D eigenvalue weighted by molar-refractivity contribution is -0.165. The molecular formula is C20H29NO3. The van der Waals surface area contributed by atoms with Gasteiger partial charge in [-0.1, -0.05) is 6.58 Å². The second-order valence-corrected chi connectivity index (χ2v) is 6.56. The third-order valence-corrected chi connectivity index (χ3v) is 5.36. The molecule has 0 spiro atoms. The first-order chi connectivity index (χ1) is 11.4. The van der Waals surface area contributed by atoms with Crippen LogP contribution < -0.4 is 0 Å². The number of ether oxygens (including phenoxy) is 2. The second-order valence-electron chi connectivity index (χ2n) is 6.56. The van der Waals surface area contributed by atoms with Crippen molar-refractivity contribution in [3.05, 3.63) is 46.2 Å². The highest BCUT2D eigenvalue weighted by Crippen LogP contribution is 2.26. The van der Waals surface area contributed by atoms with Crippen molar-refractivity contribution >= 4 is 5.91 Å². The second kappa shape index (κ2) is 7.84. The molecule has 4 nitrogen and oxygen atoms in total. The van der Waals surface area contributed by atoms with Crippen molar-refractivity contribution in [2.45, 2.75) is 60.3 Å². The Labute approximate surface area is 145 Å². The van der Waals surface area contributed by atoms with Crippen molar-refractivity contribution in [1.82, 2.24) is 4.90 Å². The largest absolute Gasteiger partial charge is 0.478 e. The molecule has 1 heterocycles. The van der Waals surface area contributed by atoms with Crippen LogP contribution in [0.15, 0.2) is 12.8 Å². The van der Waals surface area contributed by atoms with E-state index in [2.05, 4.69) is 41.2 Å². The SMILES string of the molecule is C=COC1CC(=O)N1CCCOCc1c(C)c(C)c(C)c(C)c1C. The zero-order chi connectivity index (χ0) is 17.9. The Balaban J connectivity index is 1.83. The molecule has 2 rings (SSSR count). The van der Waals surface area contributed by atoms with E-state index < -0.39 is 0 Å². The Bertz CT molecular complexity index is 605. The number of amides is 1. The molecule has 4 heteroatoms. The van der Waals surface area contributed by atoms with E-state index in [0.717, 1.165) is 6.42 Å². The Morgan fingerprint density at radius 2 is 1.67 bits per heavy atom. The molecule has 1 aliphatic rings. The number of carbonyl (C=O) groups is 1. The summed E-state index contributed by atoms with van der Waals surface area (Å²) in [6.45, 7) is 16.3. The molecule has 1 fully saturated rings. The Kier molecular flexibility index (Phi) is 6.05. The number of hydrogen-bond acceptors (Lipinski definition) is 3. The number of β-lactam (4-membered cyclic amide) rings is 1. The lowest BCUT2D eigenvalue weighted by Gasteiger charge is -2.39. The van der Waals surface area contributed by atoms with Gasteiger partial charge >= 0.3 is 0 Å². The molecule has 24 heavy (non-hydrogen) atoms. The van der Waals surface area contributed by atoms with E-state index in [1.807, 2.05) is 0 Å². The van der Waals surface area contributed by atoms with Crippen LogP contribution in [0.2, 0.25) is 0 Å².